The number of ether oxygens (including phenoxy) is 4. The first kappa shape index (κ1) is 31.7. The van der Waals surface area contributed by atoms with E-state index >= 15 is 0 Å². The molecule has 5 rings (SSSR count). The van der Waals surface area contributed by atoms with Crippen LogP contribution in [0.25, 0.3) is 6.08 Å². The first-order valence-corrected chi connectivity index (χ1v) is 15.3. The van der Waals surface area contributed by atoms with Crippen molar-refractivity contribution in [2.75, 3.05) is 20.8 Å². The number of nitrogens with zero attached hydrogens (tertiary/aromatic N) is 3. The van der Waals surface area contributed by atoms with E-state index in [1.807, 2.05) is 18.2 Å². The number of carbonyl (C=O) groups excluding carboxylic acids is 1. The van der Waals surface area contributed by atoms with E-state index in [0.29, 0.717) is 47.9 Å². The van der Waals surface area contributed by atoms with Crippen LogP contribution in [0.3, 0.4) is 0 Å². The number of hydrogen-bond acceptors (Lipinski definition) is 10. The molecule has 0 aliphatic carbocycles. The molecule has 4 aromatic rings. The maximum Gasteiger partial charge on any atom is 0.338 e. The monoisotopic (exact) mass is 693 g/mol. The number of nitro groups is 1. The molecule has 0 bridgehead atoms. The fourth-order valence-corrected chi connectivity index (χ4v) is 6.49. The molecule has 232 valence electrons. The lowest BCUT2D eigenvalue weighted by atomic mass is 9.95. The quantitative estimate of drug-likeness (QED) is 0.128. The second-order valence-corrected chi connectivity index (χ2v) is 11.6. The number of para-hydroxylation sites is 1. The highest BCUT2D eigenvalue weighted by Gasteiger charge is 2.35. The molecule has 13 heteroatoms. The van der Waals surface area contributed by atoms with Crippen LogP contribution >= 0.6 is 27.3 Å². The lowest BCUT2D eigenvalue weighted by molar-refractivity contribution is -0.384. The van der Waals surface area contributed by atoms with Crippen LogP contribution in [-0.2, 0) is 16.1 Å². The summed E-state index contributed by atoms with van der Waals surface area (Å²) < 4.78 is 24.9. The number of aromatic nitrogens is 1. The van der Waals surface area contributed by atoms with Gasteiger partial charge in [-0.2, -0.15) is 0 Å². The summed E-state index contributed by atoms with van der Waals surface area (Å²) in [5, 5.41) is 11.0. The minimum Gasteiger partial charge on any atom is -0.493 e. The van der Waals surface area contributed by atoms with Crippen molar-refractivity contribution >= 4 is 45.0 Å². The molecule has 1 atom stereocenters. The number of halogens is 1. The number of fused-ring (bicyclic) bond motifs is 1. The van der Waals surface area contributed by atoms with Gasteiger partial charge >= 0.3 is 5.97 Å². The number of benzene rings is 3. The van der Waals surface area contributed by atoms with Gasteiger partial charge in [-0.1, -0.05) is 45.5 Å². The lowest BCUT2D eigenvalue weighted by Crippen LogP contribution is -2.40. The second-order valence-electron chi connectivity index (χ2n) is 9.78. The second kappa shape index (κ2) is 13.5. The van der Waals surface area contributed by atoms with Gasteiger partial charge in [0.05, 0.1) is 47.6 Å². The zero-order valence-corrected chi connectivity index (χ0v) is 27.1. The van der Waals surface area contributed by atoms with Crippen molar-refractivity contribution in [3.63, 3.8) is 0 Å². The summed E-state index contributed by atoms with van der Waals surface area (Å²) in [6.07, 6.45) is 1.72. The van der Waals surface area contributed by atoms with Gasteiger partial charge < -0.3 is 18.9 Å². The summed E-state index contributed by atoms with van der Waals surface area (Å²) in [6, 6.07) is 15.9. The minimum absolute atomic E-state index is 0.00528. The summed E-state index contributed by atoms with van der Waals surface area (Å²) in [4.78, 5) is 43.0. The lowest BCUT2D eigenvalue weighted by Gasteiger charge is -2.26. The largest absolute Gasteiger partial charge is 0.493 e. The zero-order valence-electron chi connectivity index (χ0n) is 24.7. The number of non-ortho nitro benzene ring substituents is 1. The molecule has 1 aliphatic rings. The summed E-state index contributed by atoms with van der Waals surface area (Å²) in [6.45, 7) is 3.74. The molecular weight excluding hydrogens is 666 g/mol. The van der Waals surface area contributed by atoms with Crippen molar-refractivity contribution in [1.29, 1.82) is 0 Å². The number of methoxy groups -OCH3 is 2. The number of thiazole rings is 1. The van der Waals surface area contributed by atoms with Crippen LogP contribution in [0, 0.1) is 10.1 Å². The maximum absolute atomic E-state index is 14.1. The molecule has 45 heavy (non-hydrogen) atoms. The third-order valence-electron chi connectivity index (χ3n) is 7.06. The van der Waals surface area contributed by atoms with Crippen molar-refractivity contribution < 1.29 is 28.7 Å². The Morgan fingerprint density at radius 1 is 1.09 bits per heavy atom. The van der Waals surface area contributed by atoms with Gasteiger partial charge in [0.25, 0.3) is 11.2 Å². The maximum atomic E-state index is 14.1. The van der Waals surface area contributed by atoms with Crippen LogP contribution in [0.2, 0.25) is 0 Å². The average Bonchev–Trinajstić information content (AvgIpc) is 3.33. The third-order valence-corrected chi connectivity index (χ3v) is 8.73. The van der Waals surface area contributed by atoms with Gasteiger partial charge in [0.2, 0.25) is 0 Å². The van der Waals surface area contributed by atoms with E-state index in [-0.39, 0.29) is 30.0 Å². The Morgan fingerprint density at radius 2 is 1.78 bits per heavy atom. The molecule has 2 heterocycles. The topological polar surface area (TPSA) is 131 Å². The van der Waals surface area contributed by atoms with Crippen molar-refractivity contribution in [1.82, 2.24) is 4.57 Å². The number of esters is 1. The predicted octanol–water partition coefficient (Wildman–Crippen LogP) is 5.07. The molecule has 0 N–H and O–H groups in total. The molecule has 0 unspecified atom stereocenters. The molecule has 0 spiro atoms. The summed E-state index contributed by atoms with van der Waals surface area (Å²) in [5.74, 6) is 0.841. The standard InChI is InChI=1S/C32H28BrN3O8S/c1-5-43-31(38)28-18(2)34-32-35(29(28)22-15-25(41-3)26(42-4)16-23(22)33)30(37)27(45-32)14-20-8-6-7-9-24(20)44-17-19-10-12-21(13-11-19)36(39)40/h6-16,29H,5,17H2,1-4H3/b27-14+/t29-/m0/s1. The van der Waals surface area contributed by atoms with Crippen LogP contribution in [0.1, 0.15) is 36.6 Å². The Hall–Kier alpha value is -4.75. The van der Waals surface area contributed by atoms with Crippen molar-refractivity contribution in [3.05, 3.63) is 123 Å². The molecule has 0 saturated carbocycles. The fourth-order valence-electron chi connectivity index (χ4n) is 4.91. The van der Waals surface area contributed by atoms with Crippen molar-refractivity contribution in [2.24, 2.45) is 4.99 Å². The summed E-state index contributed by atoms with van der Waals surface area (Å²) in [7, 11) is 3.03. The van der Waals surface area contributed by atoms with E-state index in [1.165, 1.54) is 42.3 Å². The van der Waals surface area contributed by atoms with Crippen molar-refractivity contribution in [3.8, 4) is 17.2 Å². The number of carbonyl (C=O) groups is 1. The predicted molar refractivity (Wildman–Crippen MR) is 172 cm³/mol. The van der Waals surface area contributed by atoms with E-state index in [9.17, 15) is 19.7 Å². The normalized spacial score (nSPS) is 14.4. The highest BCUT2D eigenvalue weighted by Crippen LogP contribution is 2.40. The van der Waals surface area contributed by atoms with Crippen LogP contribution in [-0.4, -0.2) is 36.3 Å². The van der Waals surface area contributed by atoms with E-state index in [0.717, 1.165) is 5.56 Å². The van der Waals surface area contributed by atoms with Gasteiger partial charge in [-0.15, -0.1) is 0 Å². The molecule has 0 fully saturated rings. The first-order valence-electron chi connectivity index (χ1n) is 13.7. The molecule has 0 radical (unpaired) electrons. The Balaban J connectivity index is 1.61. The Labute approximate surface area is 269 Å². The van der Waals surface area contributed by atoms with Gasteiger partial charge in [-0.05, 0) is 61.4 Å². The summed E-state index contributed by atoms with van der Waals surface area (Å²) >= 11 is 4.79. The molecule has 3 aromatic carbocycles. The zero-order chi connectivity index (χ0) is 32.2. The van der Waals surface area contributed by atoms with Crippen molar-refractivity contribution in [2.45, 2.75) is 26.5 Å². The van der Waals surface area contributed by atoms with E-state index in [4.69, 9.17) is 18.9 Å². The number of nitro benzene ring substituents is 1. The third kappa shape index (κ3) is 6.40. The highest BCUT2D eigenvalue weighted by atomic mass is 79.9. The average molecular weight is 695 g/mol. The van der Waals surface area contributed by atoms with E-state index in [1.54, 1.807) is 50.3 Å². The smallest absolute Gasteiger partial charge is 0.338 e. The SMILES string of the molecule is CCOC(=O)C1=C(C)N=c2s/c(=C/c3ccccc3OCc3ccc([N+](=O)[O-])cc3)c(=O)n2[C@H]1c1cc(OC)c(OC)cc1Br. The molecule has 11 nitrogen and oxygen atoms in total. The first-order chi connectivity index (χ1) is 21.7. The minimum atomic E-state index is -0.870. The Bertz CT molecular complexity index is 2000. The van der Waals surface area contributed by atoms with Gasteiger partial charge in [0, 0.05) is 22.2 Å². The highest BCUT2D eigenvalue weighted by molar-refractivity contribution is 9.10. The molecule has 1 aromatic heterocycles. The van der Waals surface area contributed by atoms with Crippen LogP contribution < -0.4 is 29.1 Å². The van der Waals surface area contributed by atoms with Crippen LogP contribution in [0.5, 0.6) is 17.2 Å². The molecule has 0 amide bonds. The molecule has 1 aliphatic heterocycles. The van der Waals surface area contributed by atoms with Gasteiger partial charge in [-0.3, -0.25) is 19.5 Å². The van der Waals surface area contributed by atoms with Gasteiger partial charge in [-0.25, -0.2) is 9.79 Å². The fraction of sp³-hybridized carbons (Fsp3) is 0.219. The Kier molecular flexibility index (Phi) is 9.49. The van der Waals surface area contributed by atoms with Crippen LogP contribution in [0.4, 0.5) is 5.69 Å². The van der Waals surface area contributed by atoms with Crippen LogP contribution in [0.15, 0.2) is 86.2 Å². The van der Waals surface area contributed by atoms with Gasteiger partial charge in [0.15, 0.2) is 16.3 Å². The van der Waals surface area contributed by atoms with Gasteiger partial charge in [0.1, 0.15) is 12.4 Å². The number of rotatable bonds is 10. The van der Waals surface area contributed by atoms with E-state index < -0.39 is 16.9 Å². The molecular formula is C32H28BrN3O8S. The number of allylic oxidation sites excluding steroid dienone is 1. The molecule has 0 saturated heterocycles. The Morgan fingerprint density at radius 3 is 2.44 bits per heavy atom. The summed E-state index contributed by atoms with van der Waals surface area (Å²) in [5.41, 5.74) is 2.28. The van der Waals surface area contributed by atoms with E-state index in [2.05, 4.69) is 20.9 Å². The number of hydrogen-bond donors (Lipinski definition) is 0.